The van der Waals surface area contributed by atoms with Crippen LogP contribution in [-0.4, -0.2) is 39.8 Å². The molecule has 2 aromatic rings. The van der Waals surface area contributed by atoms with Gasteiger partial charge in [0.2, 0.25) is 10.0 Å². The Hall–Kier alpha value is -2.30. The maximum Gasteiger partial charge on any atom is 0.289 e. The van der Waals surface area contributed by atoms with Crippen LogP contribution in [0.4, 0.5) is 15.8 Å². The summed E-state index contributed by atoms with van der Waals surface area (Å²) in [5.74, 6) is 1.94. The molecule has 0 aromatic heterocycles. The van der Waals surface area contributed by atoms with Gasteiger partial charge in [-0.25, -0.2) is 17.5 Å². The van der Waals surface area contributed by atoms with Crippen molar-refractivity contribution in [2.24, 2.45) is 0 Å². The molecule has 0 unspecified atom stereocenters. The summed E-state index contributed by atoms with van der Waals surface area (Å²) < 4.78 is 50.7. The van der Waals surface area contributed by atoms with Gasteiger partial charge < -0.3 is 9.74 Å². The van der Waals surface area contributed by atoms with E-state index < -0.39 is 51.2 Å². The lowest BCUT2D eigenvalue weighted by atomic mass is 9.94. The Labute approximate surface area is 221 Å². The van der Waals surface area contributed by atoms with Gasteiger partial charge in [0.25, 0.3) is 5.69 Å². The summed E-state index contributed by atoms with van der Waals surface area (Å²) in [6.07, 6.45) is 5.87. The molecule has 2 rings (SSSR count). The number of nitro groups is 1. The average molecular weight is 601 g/mol. The van der Waals surface area contributed by atoms with E-state index in [0.29, 0.717) is 4.47 Å². The SMILES string of the molecule is C#C[C@@](C)(Nc1ccc(Br)cc1F)[C@@H](CO[Si](C)(C)C(C)(C)C)NS(=O)(=O)c1ccccc1[N+](=O)[O-]. The molecular formula is C24H31BrFN3O5SSi. The Morgan fingerprint density at radius 1 is 1.22 bits per heavy atom. The van der Waals surface area contributed by atoms with Crippen molar-refractivity contribution in [2.75, 3.05) is 11.9 Å². The summed E-state index contributed by atoms with van der Waals surface area (Å²) in [6.45, 7) is 11.5. The van der Waals surface area contributed by atoms with Crippen LogP contribution in [0.15, 0.2) is 51.8 Å². The van der Waals surface area contributed by atoms with Crippen molar-refractivity contribution < 1.29 is 22.2 Å². The normalized spacial score (nSPS) is 15.0. The number of nitrogens with zero attached hydrogens (tertiary/aromatic N) is 1. The Morgan fingerprint density at radius 2 is 1.83 bits per heavy atom. The minimum absolute atomic E-state index is 0.0564. The third kappa shape index (κ3) is 6.92. The smallest absolute Gasteiger partial charge is 0.289 e. The summed E-state index contributed by atoms with van der Waals surface area (Å²) in [6, 6.07) is 8.21. The van der Waals surface area contributed by atoms with Gasteiger partial charge in [-0.2, -0.15) is 0 Å². The van der Waals surface area contributed by atoms with Crippen LogP contribution < -0.4 is 10.0 Å². The predicted molar refractivity (Wildman–Crippen MR) is 145 cm³/mol. The second-order valence-electron chi connectivity index (χ2n) is 10.1. The molecule has 36 heavy (non-hydrogen) atoms. The highest BCUT2D eigenvalue weighted by atomic mass is 79.9. The van der Waals surface area contributed by atoms with Crippen molar-refractivity contribution >= 4 is 45.6 Å². The van der Waals surface area contributed by atoms with E-state index in [1.807, 2.05) is 33.9 Å². The summed E-state index contributed by atoms with van der Waals surface area (Å²) in [5, 5.41) is 14.2. The summed E-state index contributed by atoms with van der Waals surface area (Å²) >= 11 is 3.20. The molecule has 0 radical (unpaired) electrons. The lowest BCUT2D eigenvalue weighted by Crippen LogP contribution is -2.58. The summed E-state index contributed by atoms with van der Waals surface area (Å²) in [5.41, 5.74) is -2.00. The Morgan fingerprint density at radius 3 is 2.36 bits per heavy atom. The van der Waals surface area contributed by atoms with Gasteiger partial charge in [-0.3, -0.25) is 10.1 Å². The van der Waals surface area contributed by atoms with Crippen molar-refractivity contribution in [1.82, 2.24) is 4.72 Å². The minimum Gasteiger partial charge on any atom is -0.415 e. The lowest BCUT2D eigenvalue weighted by Gasteiger charge is -2.40. The Kier molecular flexibility index (Phi) is 9.13. The van der Waals surface area contributed by atoms with Crippen LogP contribution in [0.1, 0.15) is 27.7 Å². The number of hydrogen-bond donors (Lipinski definition) is 2. The van der Waals surface area contributed by atoms with Gasteiger partial charge in [0, 0.05) is 10.5 Å². The fraction of sp³-hybridized carbons (Fsp3) is 0.417. The molecule has 0 amide bonds. The molecule has 12 heteroatoms. The highest BCUT2D eigenvalue weighted by Crippen LogP contribution is 2.37. The van der Waals surface area contributed by atoms with Crippen LogP contribution in [-0.2, 0) is 14.4 Å². The largest absolute Gasteiger partial charge is 0.415 e. The minimum atomic E-state index is -4.43. The average Bonchev–Trinajstić information content (AvgIpc) is 2.77. The molecule has 2 aromatic carbocycles. The van der Waals surface area contributed by atoms with Gasteiger partial charge in [0.05, 0.1) is 23.3 Å². The van der Waals surface area contributed by atoms with E-state index in [1.165, 1.54) is 31.2 Å². The van der Waals surface area contributed by atoms with E-state index in [0.717, 1.165) is 12.1 Å². The number of para-hydroxylation sites is 1. The molecule has 0 bridgehead atoms. The zero-order chi connectivity index (χ0) is 27.5. The predicted octanol–water partition coefficient (Wildman–Crippen LogP) is 5.67. The number of anilines is 1. The summed E-state index contributed by atoms with van der Waals surface area (Å²) in [7, 11) is -6.81. The zero-order valence-electron chi connectivity index (χ0n) is 21.1. The van der Waals surface area contributed by atoms with Gasteiger partial charge in [-0.1, -0.05) is 54.8 Å². The Bertz CT molecular complexity index is 1280. The molecule has 2 atom stereocenters. The standard InChI is InChI=1S/C24H31BrFN3O5SSi/c1-8-24(5,27-19-14-13-17(25)15-18(19)26)22(16-34-36(6,7)23(2,3)4)28-35(32,33)21-12-10-9-11-20(21)29(30)31/h1,9-15,22,27-28H,16H2,2-7H3/t22-,24-/m1/s1. The van der Waals surface area contributed by atoms with Crippen LogP contribution in [0, 0.1) is 28.3 Å². The number of sulfonamides is 1. The van der Waals surface area contributed by atoms with Crippen LogP contribution in [0.5, 0.6) is 0 Å². The lowest BCUT2D eigenvalue weighted by molar-refractivity contribution is -0.387. The highest BCUT2D eigenvalue weighted by molar-refractivity contribution is 9.10. The van der Waals surface area contributed by atoms with Gasteiger partial charge in [0.1, 0.15) is 11.4 Å². The molecule has 0 aliphatic carbocycles. The molecule has 0 heterocycles. The van der Waals surface area contributed by atoms with Gasteiger partial charge >= 0.3 is 0 Å². The summed E-state index contributed by atoms with van der Waals surface area (Å²) in [4.78, 5) is 10.2. The molecular weight excluding hydrogens is 569 g/mol. The Balaban J connectivity index is 2.55. The highest BCUT2D eigenvalue weighted by Gasteiger charge is 2.42. The van der Waals surface area contributed by atoms with E-state index in [-0.39, 0.29) is 17.3 Å². The first kappa shape index (κ1) is 29.9. The molecule has 0 fully saturated rings. The number of terminal acetylenes is 1. The number of benzene rings is 2. The van der Waals surface area contributed by atoms with E-state index >= 15 is 0 Å². The molecule has 0 aliphatic heterocycles. The van der Waals surface area contributed by atoms with Crippen LogP contribution >= 0.6 is 15.9 Å². The van der Waals surface area contributed by atoms with Crippen LogP contribution in [0.3, 0.4) is 0 Å². The first-order valence-electron chi connectivity index (χ1n) is 11.0. The fourth-order valence-electron chi connectivity index (χ4n) is 3.01. The first-order valence-corrected chi connectivity index (χ1v) is 16.2. The molecule has 0 aliphatic rings. The van der Waals surface area contributed by atoms with Crippen molar-refractivity contribution in [3.63, 3.8) is 0 Å². The number of nitrogens with one attached hydrogen (secondary N) is 2. The maximum absolute atomic E-state index is 14.7. The second kappa shape index (κ2) is 11.0. The van der Waals surface area contributed by atoms with E-state index in [2.05, 4.69) is 31.9 Å². The number of halogens is 2. The third-order valence-corrected chi connectivity index (χ3v) is 12.9. The van der Waals surface area contributed by atoms with Crippen LogP contribution in [0.25, 0.3) is 0 Å². The number of rotatable bonds is 10. The first-order chi connectivity index (χ1) is 16.4. The van der Waals surface area contributed by atoms with Crippen molar-refractivity contribution in [1.29, 1.82) is 0 Å². The maximum atomic E-state index is 14.7. The van der Waals surface area contributed by atoms with Crippen molar-refractivity contribution in [3.8, 4) is 12.3 Å². The van der Waals surface area contributed by atoms with Crippen molar-refractivity contribution in [3.05, 3.63) is 62.9 Å². The zero-order valence-corrected chi connectivity index (χ0v) is 24.5. The van der Waals surface area contributed by atoms with E-state index in [4.69, 9.17) is 10.8 Å². The molecule has 0 saturated carbocycles. The quantitative estimate of drug-likeness (QED) is 0.157. The molecule has 0 spiro atoms. The number of nitro benzene ring substituents is 1. The van der Waals surface area contributed by atoms with Crippen LogP contribution in [0.2, 0.25) is 18.1 Å². The van der Waals surface area contributed by atoms with Crippen molar-refractivity contribution in [2.45, 2.75) is 62.3 Å². The second-order valence-corrected chi connectivity index (χ2v) is 17.5. The van der Waals surface area contributed by atoms with Gasteiger partial charge in [-0.15, -0.1) is 6.42 Å². The van der Waals surface area contributed by atoms with Gasteiger partial charge in [-0.05, 0) is 49.3 Å². The third-order valence-electron chi connectivity index (χ3n) is 6.39. The van der Waals surface area contributed by atoms with Gasteiger partial charge in [0.15, 0.2) is 13.2 Å². The monoisotopic (exact) mass is 599 g/mol. The molecule has 196 valence electrons. The topological polar surface area (TPSA) is 111 Å². The van der Waals surface area contributed by atoms with E-state index in [9.17, 15) is 22.9 Å². The number of hydrogen-bond acceptors (Lipinski definition) is 6. The van der Waals surface area contributed by atoms with E-state index in [1.54, 1.807) is 6.07 Å². The molecule has 0 saturated heterocycles. The molecule has 8 nitrogen and oxygen atoms in total. The fourth-order valence-corrected chi connectivity index (χ4v) is 5.84. The molecule has 2 N–H and O–H groups in total.